The van der Waals surface area contributed by atoms with E-state index in [2.05, 4.69) is 10.3 Å². The lowest BCUT2D eigenvalue weighted by Gasteiger charge is -2.12. The second-order valence-corrected chi connectivity index (χ2v) is 7.36. The summed E-state index contributed by atoms with van der Waals surface area (Å²) >= 11 is 1.36. The summed E-state index contributed by atoms with van der Waals surface area (Å²) in [6, 6.07) is 20.5. The molecule has 0 radical (unpaired) electrons. The van der Waals surface area contributed by atoms with E-state index in [1.54, 1.807) is 35.7 Å². The Labute approximate surface area is 170 Å². The Balaban J connectivity index is 1.59. The van der Waals surface area contributed by atoms with Gasteiger partial charge in [-0.15, -0.1) is 11.3 Å². The van der Waals surface area contributed by atoms with Crippen LogP contribution in [0.1, 0.15) is 21.1 Å². The lowest BCUT2D eigenvalue weighted by Crippen LogP contribution is -2.14. The highest BCUT2D eigenvalue weighted by Crippen LogP contribution is 2.32. The average Bonchev–Trinajstić information content (AvgIpc) is 3.20. The monoisotopic (exact) mass is 406 g/mol. The van der Waals surface area contributed by atoms with Crippen molar-refractivity contribution >= 4 is 22.9 Å². The van der Waals surface area contributed by atoms with Gasteiger partial charge in [0.15, 0.2) is 0 Å². The molecule has 144 valence electrons. The minimum Gasteiger partial charge on any atom is -0.318 e. The highest BCUT2D eigenvalue weighted by Gasteiger charge is 2.18. The fraction of sp³-hybridized carbons (Fsp3) is 0.0435. The number of anilines is 1. The molecular formula is C23H16F2N2OS. The van der Waals surface area contributed by atoms with Gasteiger partial charge >= 0.3 is 0 Å². The molecule has 1 aromatic heterocycles. The Morgan fingerprint density at radius 1 is 0.966 bits per heavy atom. The minimum atomic E-state index is -0.836. The van der Waals surface area contributed by atoms with E-state index in [0.717, 1.165) is 16.6 Å². The van der Waals surface area contributed by atoms with E-state index in [4.69, 9.17) is 0 Å². The van der Waals surface area contributed by atoms with Gasteiger partial charge in [0.1, 0.15) is 17.3 Å². The zero-order valence-electron chi connectivity index (χ0n) is 15.2. The van der Waals surface area contributed by atoms with Crippen molar-refractivity contribution in [2.75, 3.05) is 5.32 Å². The van der Waals surface area contributed by atoms with Crippen LogP contribution in [-0.4, -0.2) is 10.9 Å². The average molecular weight is 406 g/mol. The summed E-state index contributed by atoms with van der Waals surface area (Å²) in [5, 5.41) is 4.98. The molecule has 1 heterocycles. The topological polar surface area (TPSA) is 42.0 Å². The Morgan fingerprint density at radius 2 is 1.66 bits per heavy atom. The van der Waals surface area contributed by atoms with E-state index >= 15 is 0 Å². The third-order valence-corrected chi connectivity index (χ3v) is 5.21. The van der Waals surface area contributed by atoms with Gasteiger partial charge in [-0.05, 0) is 17.2 Å². The molecule has 29 heavy (non-hydrogen) atoms. The maximum absolute atomic E-state index is 14.5. The maximum atomic E-state index is 14.5. The molecule has 6 heteroatoms. The highest BCUT2D eigenvalue weighted by atomic mass is 32.1. The minimum absolute atomic E-state index is 0.0693. The number of benzene rings is 3. The smallest absolute Gasteiger partial charge is 0.275 e. The number of aromatic nitrogens is 1. The molecular weight excluding hydrogens is 390 g/mol. The number of amides is 1. The molecule has 0 aliphatic carbocycles. The number of rotatable bonds is 5. The normalized spacial score (nSPS) is 10.7. The Kier molecular flexibility index (Phi) is 5.44. The van der Waals surface area contributed by atoms with Gasteiger partial charge < -0.3 is 5.32 Å². The predicted octanol–water partition coefficient (Wildman–Crippen LogP) is 5.93. The zero-order valence-corrected chi connectivity index (χ0v) is 16.0. The molecule has 0 bridgehead atoms. The van der Waals surface area contributed by atoms with Gasteiger partial charge in [0.25, 0.3) is 5.91 Å². The van der Waals surface area contributed by atoms with Crippen molar-refractivity contribution in [1.82, 2.24) is 4.98 Å². The molecule has 0 aliphatic rings. The summed E-state index contributed by atoms with van der Waals surface area (Å²) in [4.78, 5) is 17.0. The number of carbonyl (C=O) groups excluding carboxylic acids is 1. The first kappa shape index (κ1) is 19.0. The SMILES string of the molecule is O=C(Nc1c(F)cc(F)cc1-c1ccccc1)c1csc(Cc2ccccc2)n1. The van der Waals surface area contributed by atoms with Crippen LogP contribution in [-0.2, 0) is 6.42 Å². The summed E-state index contributed by atoms with van der Waals surface area (Å²) in [6.45, 7) is 0. The number of halogens is 2. The van der Waals surface area contributed by atoms with E-state index in [1.807, 2.05) is 30.3 Å². The first-order valence-electron chi connectivity index (χ1n) is 8.94. The number of hydrogen-bond donors (Lipinski definition) is 1. The summed E-state index contributed by atoms with van der Waals surface area (Å²) in [5.41, 5.74) is 2.09. The lowest BCUT2D eigenvalue weighted by atomic mass is 10.0. The van der Waals surface area contributed by atoms with Crippen LogP contribution in [0.15, 0.2) is 78.2 Å². The third kappa shape index (κ3) is 4.38. The number of hydrogen-bond acceptors (Lipinski definition) is 3. The summed E-state index contributed by atoms with van der Waals surface area (Å²) in [7, 11) is 0. The van der Waals surface area contributed by atoms with Gasteiger partial charge in [-0.2, -0.15) is 0 Å². The molecule has 1 N–H and O–H groups in total. The zero-order chi connectivity index (χ0) is 20.2. The third-order valence-electron chi connectivity index (χ3n) is 4.36. The second-order valence-electron chi connectivity index (χ2n) is 6.42. The molecule has 4 aromatic rings. The largest absolute Gasteiger partial charge is 0.318 e. The van der Waals surface area contributed by atoms with Crippen molar-refractivity contribution in [3.63, 3.8) is 0 Å². The molecule has 0 fully saturated rings. The molecule has 1 amide bonds. The van der Waals surface area contributed by atoms with E-state index in [1.165, 1.54) is 17.4 Å². The van der Waals surface area contributed by atoms with Crippen LogP contribution >= 0.6 is 11.3 Å². The van der Waals surface area contributed by atoms with E-state index < -0.39 is 17.5 Å². The van der Waals surface area contributed by atoms with Gasteiger partial charge in [0, 0.05) is 23.4 Å². The van der Waals surface area contributed by atoms with Gasteiger partial charge in [-0.25, -0.2) is 13.8 Å². The summed E-state index contributed by atoms with van der Waals surface area (Å²) in [5.74, 6) is -2.08. The van der Waals surface area contributed by atoms with Crippen molar-refractivity contribution in [1.29, 1.82) is 0 Å². The quantitative estimate of drug-likeness (QED) is 0.446. The maximum Gasteiger partial charge on any atom is 0.275 e. The van der Waals surface area contributed by atoms with E-state index in [9.17, 15) is 13.6 Å². The van der Waals surface area contributed by atoms with Crippen LogP contribution in [0.4, 0.5) is 14.5 Å². The molecule has 4 rings (SSSR count). The van der Waals surface area contributed by atoms with Crippen LogP contribution in [0.25, 0.3) is 11.1 Å². The van der Waals surface area contributed by atoms with Crippen molar-refractivity contribution in [2.45, 2.75) is 6.42 Å². The molecule has 3 aromatic carbocycles. The molecule has 0 aliphatic heterocycles. The lowest BCUT2D eigenvalue weighted by molar-refractivity contribution is 0.102. The van der Waals surface area contributed by atoms with Gasteiger partial charge in [0.2, 0.25) is 0 Å². The Hall–Kier alpha value is -3.38. The number of nitrogens with zero attached hydrogens (tertiary/aromatic N) is 1. The fourth-order valence-electron chi connectivity index (χ4n) is 2.99. The molecule has 3 nitrogen and oxygen atoms in total. The van der Waals surface area contributed by atoms with Crippen molar-refractivity contribution < 1.29 is 13.6 Å². The Morgan fingerprint density at radius 3 is 2.38 bits per heavy atom. The summed E-state index contributed by atoms with van der Waals surface area (Å²) < 4.78 is 28.3. The molecule has 0 spiro atoms. The van der Waals surface area contributed by atoms with Gasteiger partial charge in [-0.1, -0.05) is 60.7 Å². The first-order chi connectivity index (χ1) is 14.1. The second kappa shape index (κ2) is 8.32. The van der Waals surface area contributed by atoms with Crippen LogP contribution in [0.3, 0.4) is 0 Å². The van der Waals surface area contributed by atoms with Crippen LogP contribution in [0, 0.1) is 11.6 Å². The van der Waals surface area contributed by atoms with Crippen molar-refractivity contribution in [3.8, 4) is 11.1 Å². The highest BCUT2D eigenvalue weighted by molar-refractivity contribution is 7.09. The fourth-order valence-corrected chi connectivity index (χ4v) is 3.80. The van der Waals surface area contributed by atoms with Crippen LogP contribution < -0.4 is 5.32 Å². The van der Waals surface area contributed by atoms with Crippen molar-refractivity contribution in [2.24, 2.45) is 0 Å². The van der Waals surface area contributed by atoms with Crippen LogP contribution in [0.2, 0.25) is 0 Å². The molecule has 0 saturated heterocycles. The standard InChI is InChI=1S/C23H16F2N2OS/c24-17-12-18(16-9-5-2-6-10-16)22(19(25)13-17)27-23(28)20-14-29-21(26-20)11-15-7-3-1-4-8-15/h1-10,12-14H,11H2,(H,27,28). The molecule has 0 unspecified atom stereocenters. The van der Waals surface area contributed by atoms with E-state index in [0.29, 0.717) is 12.0 Å². The molecule has 0 saturated carbocycles. The number of carbonyl (C=O) groups is 1. The van der Waals surface area contributed by atoms with Crippen LogP contribution in [0.5, 0.6) is 0 Å². The molecule has 0 atom stereocenters. The van der Waals surface area contributed by atoms with Crippen molar-refractivity contribution in [3.05, 3.63) is 106 Å². The number of nitrogens with one attached hydrogen (secondary N) is 1. The number of thiazole rings is 1. The van der Waals surface area contributed by atoms with Gasteiger partial charge in [-0.3, -0.25) is 4.79 Å². The first-order valence-corrected chi connectivity index (χ1v) is 9.82. The van der Waals surface area contributed by atoms with E-state index in [-0.39, 0.29) is 16.9 Å². The summed E-state index contributed by atoms with van der Waals surface area (Å²) in [6.07, 6.45) is 0.610. The predicted molar refractivity (Wildman–Crippen MR) is 111 cm³/mol. The Bertz CT molecular complexity index is 1140. The van der Waals surface area contributed by atoms with Gasteiger partial charge in [0.05, 0.1) is 10.7 Å².